The largest absolute Gasteiger partial charge is 0.240 e. The molecule has 0 saturated carbocycles. The van der Waals surface area contributed by atoms with E-state index in [1.807, 2.05) is 12.1 Å². The van der Waals surface area contributed by atoms with E-state index in [-0.39, 0.29) is 56.4 Å². The van der Waals surface area contributed by atoms with Gasteiger partial charge in [0.25, 0.3) is 0 Å². The summed E-state index contributed by atoms with van der Waals surface area (Å²) in [6, 6.07) is 6.09. The Hall–Kier alpha value is -4.36. The first-order chi connectivity index (χ1) is 13.3. The van der Waals surface area contributed by atoms with Crippen LogP contribution >= 0.6 is 0 Å². The van der Waals surface area contributed by atoms with E-state index in [0.29, 0.717) is 11.1 Å². The van der Waals surface area contributed by atoms with Crippen molar-refractivity contribution in [2.45, 2.75) is 39.5 Å². The van der Waals surface area contributed by atoms with Crippen LogP contribution in [0.15, 0.2) is 0 Å². The topological polar surface area (TPSA) is 84.5 Å². The summed E-state index contributed by atoms with van der Waals surface area (Å²) in [5, 5.41) is 29.7. The van der Waals surface area contributed by atoms with Gasteiger partial charge in [0, 0.05) is 0 Å². The lowest BCUT2D eigenvalue weighted by Gasteiger charge is -2.21. The lowest BCUT2D eigenvalue weighted by molar-refractivity contribution is 0.861. The normalized spacial score (nSPS) is 9.86. The van der Waals surface area contributed by atoms with Gasteiger partial charge in [0.2, 0.25) is 5.69 Å². The van der Waals surface area contributed by atoms with E-state index in [9.17, 15) is 15.8 Å². The Balaban J connectivity index is 3.58. The first-order valence-electron chi connectivity index (χ1n) is 8.40. The molecule has 0 aliphatic heterocycles. The number of hydrogen-bond donors (Lipinski definition) is 0. The van der Waals surface area contributed by atoms with Crippen LogP contribution in [-0.4, -0.2) is 0 Å². The SMILES string of the molecule is [C-]#[N+]c1c(C(C)C)c([N+]#[C-])c2c([N+]#[C-])c(C#N)c(C(C)C)c(C#N)c2c1C#N. The summed E-state index contributed by atoms with van der Waals surface area (Å²) >= 11 is 0. The highest BCUT2D eigenvalue weighted by molar-refractivity contribution is 6.15. The molecule has 0 N–H and O–H groups in total. The summed E-state index contributed by atoms with van der Waals surface area (Å²) in [4.78, 5) is 10.6. The molecular weight excluding hydrogens is 348 g/mol. The van der Waals surface area contributed by atoms with Gasteiger partial charge < -0.3 is 0 Å². The fourth-order valence-electron chi connectivity index (χ4n) is 3.54. The molecular formula is C22H14N6. The molecule has 132 valence electrons. The molecule has 0 fully saturated rings. The summed E-state index contributed by atoms with van der Waals surface area (Å²) in [5.74, 6) is -0.526. The number of benzene rings is 2. The third-order valence-electron chi connectivity index (χ3n) is 4.57. The molecule has 2 aromatic rings. The van der Waals surface area contributed by atoms with Gasteiger partial charge in [-0.05, 0) is 33.7 Å². The van der Waals surface area contributed by atoms with Crippen LogP contribution in [0, 0.1) is 53.7 Å². The van der Waals surface area contributed by atoms with E-state index >= 15 is 0 Å². The second-order valence-electron chi connectivity index (χ2n) is 6.73. The predicted octanol–water partition coefficient (Wildman–Crippen LogP) is 6.35. The summed E-state index contributed by atoms with van der Waals surface area (Å²) in [5.41, 5.74) is 0.888. The summed E-state index contributed by atoms with van der Waals surface area (Å²) in [6.07, 6.45) is 0. The van der Waals surface area contributed by atoms with Gasteiger partial charge >= 0.3 is 0 Å². The third-order valence-corrected chi connectivity index (χ3v) is 4.57. The Morgan fingerprint density at radius 1 is 0.607 bits per heavy atom. The van der Waals surface area contributed by atoms with Crippen molar-refractivity contribution in [2.24, 2.45) is 0 Å². The Morgan fingerprint density at radius 3 is 1.43 bits per heavy atom. The molecule has 0 aliphatic carbocycles. The summed E-state index contributed by atoms with van der Waals surface area (Å²) in [7, 11) is 0. The van der Waals surface area contributed by atoms with Crippen LogP contribution in [0.25, 0.3) is 25.3 Å². The molecule has 6 heteroatoms. The maximum Gasteiger partial charge on any atom is 0.202 e. The molecule has 0 amide bonds. The van der Waals surface area contributed by atoms with E-state index in [1.54, 1.807) is 27.7 Å². The van der Waals surface area contributed by atoms with Crippen LogP contribution in [-0.2, 0) is 0 Å². The molecule has 0 heterocycles. The smallest absolute Gasteiger partial charge is 0.202 e. The van der Waals surface area contributed by atoms with Gasteiger partial charge in [0.05, 0.1) is 54.6 Å². The van der Waals surface area contributed by atoms with Crippen molar-refractivity contribution in [3.63, 3.8) is 0 Å². The molecule has 0 atom stereocenters. The van der Waals surface area contributed by atoms with E-state index in [2.05, 4.69) is 20.6 Å². The van der Waals surface area contributed by atoms with E-state index in [0.717, 1.165) is 0 Å². The monoisotopic (exact) mass is 362 g/mol. The van der Waals surface area contributed by atoms with Crippen LogP contribution in [0.1, 0.15) is 67.3 Å². The van der Waals surface area contributed by atoms with Crippen molar-refractivity contribution in [2.75, 3.05) is 0 Å². The zero-order chi connectivity index (χ0) is 21.2. The van der Waals surface area contributed by atoms with Crippen LogP contribution in [0.5, 0.6) is 0 Å². The number of nitrogens with zero attached hydrogens (tertiary/aromatic N) is 6. The van der Waals surface area contributed by atoms with Gasteiger partial charge in [-0.3, -0.25) is 0 Å². The lowest BCUT2D eigenvalue weighted by atomic mass is 9.82. The number of nitriles is 3. The molecule has 0 bridgehead atoms. The molecule has 28 heavy (non-hydrogen) atoms. The van der Waals surface area contributed by atoms with E-state index in [1.165, 1.54) is 0 Å². The van der Waals surface area contributed by atoms with Crippen molar-refractivity contribution in [3.05, 3.63) is 62.1 Å². The van der Waals surface area contributed by atoms with Crippen molar-refractivity contribution in [1.82, 2.24) is 0 Å². The molecule has 0 unspecified atom stereocenters. The maximum absolute atomic E-state index is 9.87. The van der Waals surface area contributed by atoms with E-state index in [4.69, 9.17) is 19.7 Å². The van der Waals surface area contributed by atoms with Gasteiger partial charge in [0.1, 0.15) is 0 Å². The highest BCUT2D eigenvalue weighted by atomic mass is 14.7. The Labute approximate surface area is 163 Å². The molecule has 2 rings (SSSR count). The van der Waals surface area contributed by atoms with Crippen molar-refractivity contribution < 1.29 is 0 Å². The molecule has 0 saturated heterocycles. The van der Waals surface area contributed by atoms with Crippen molar-refractivity contribution in [1.29, 1.82) is 15.8 Å². The van der Waals surface area contributed by atoms with Crippen molar-refractivity contribution >= 4 is 27.8 Å². The van der Waals surface area contributed by atoms with Crippen LogP contribution in [0.3, 0.4) is 0 Å². The van der Waals surface area contributed by atoms with Crippen LogP contribution in [0.4, 0.5) is 17.1 Å². The van der Waals surface area contributed by atoms with Gasteiger partial charge in [0.15, 0.2) is 11.4 Å². The Kier molecular flexibility index (Phi) is 5.33. The summed E-state index contributed by atoms with van der Waals surface area (Å²) in [6.45, 7) is 30.1. The van der Waals surface area contributed by atoms with Crippen molar-refractivity contribution in [3.8, 4) is 18.2 Å². The second kappa shape index (κ2) is 7.48. The average Bonchev–Trinajstić information content (AvgIpc) is 2.69. The minimum Gasteiger partial charge on any atom is -0.240 e. The maximum atomic E-state index is 9.87. The average molecular weight is 362 g/mol. The quantitative estimate of drug-likeness (QED) is 0.583. The highest BCUT2D eigenvalue weighted by Crippen LogP contribution is 2.51. The molecule has 2 aromatic carbocycles. The predicted molar refractivity (Wildman–Crippen MR) is 105 cm³/mol. The first kappa shape index (κ1) is 20.0. The van der Waals surface area contributed by atoms with Crippen LogP contribution < -0.4 is 0 Å². The van der Waals surface area contributed by atoms with Gasteiger partial charge in [-0.15, -0.1) is 0 Å². The number of hydrogen-bond acceptors (Lipinski definition) is 3. The second-order valence-corrected chi connectivity index (χ2v) is 6.73. The van der Waals surface area contributed by atoms with Gasteiger partial charge in [-0.25, -0.2) is 14.5 Å². The fourth-order valence-corrected chi connectivity index (χ4v) is 3.54. The minimum atomic E-state index is -0.265. The number of rotatable bonds is 2. The zero-order valence-corrected chi connectivity index (χ0v) is 15.8. The molecule has 6 nitrogen and oxygen atoms in total. The third kappa shape index (κ3) is 2.59. The Morgan fingerprint density at radius 2 is 1.07 bits per heavy atom. The van der Waals surface area contributed by atoms with E-state index < -0.39 is 0 Å². The minimum absolute atomic E-state index is 0.0195. The molecule has 0 aliphatic rings. The van der Waals surface area contributed by atoms with Gasteiger partial charge in [-0.2, -0.15) is 15.8 Å². The molecule has 0 aromatic heterocycles. The van der Waals surface area contributed by atoms with Gasteiger partial charge in [-0.1, -0.05) is 27.7 Å². The standard InChI is InChI=1S/C22H14N6/c1-11(2)16-13(8-23)18-15(10-25)20(26-5)17(12(3)4)22(28-7)19(18)21(27-6)14(16)9-24/h11-12H,1-4H3. The lowest BCUT2D eigenvalue weighted by Crippen LogP contribution is -2.03. The highest BCUT2D eigenvalue weighted by Gasteiger charge is 2.30. The Bertz CT molecular complexity index is 1170. The summed E-state index contributed by atoms with van der Waals surface area (Å²) < 4.78 is 0. The molecule has 0 spiro atoms. The number of fused-ring (bicyclic) bond motifs is 1. The fraction of sp³-hybridized carbons (Fsp3) is 0.273. The zero-order valence-electron chi connectivity index (χ0n) is 15.8. The molecule has 0 radical (unpaired) electrons. The van der Waals surface area contributed by atoms with Crippen LogP contribution in [0.2, 0.25) is 0 Å². The first-order valence-corrected chi connectivity index (χ1v) is 8.40.